The van der Waals surface area contributed by atoms with Crippen molar-refractivity contribution in [3.63, 3.8) is 0 Å². The molecule has 0 fully saturated rings. The molecular formula is C18H16N2. The van der Waals surface area contributed by atoms with Crippen LogP contribution in [0.1, 0.15) is 17.9 Å². The summed E-state index contributed by atoms with van der Waals surface area (Å²) in [7, 11) is 0. The van der Waals surface area contributed by atoms with Crippen LogP contribution in [0.4, 0.5) is 11.4 Å². The minimum atomic E-state index is 0.386. The van der Waals surface area contributed by atoms with Crippen LogP contribution in [0.25, 0.3) is 0 Å². The number of benzene rings is 2. The first kappa shape index (κ1) is 11.4. The van der Waals surface area contributed by atoms with Gasteiger partial charge < -0.3 is 10.6 Å². The molecule has 2 heteroatoms. The summed E-state index contributed by atoms with van der Waals surface area (Å²) in [5, 5.41) is 0. The standard InChI is InChI=1S/C18H16N2/c19-13-10-11-18-16(12-13)15-8-4-5-9-17(15)20(18)14-6-2-1-3-7-14/h1-11,16H,12,19H2/t16-/m0/s1. The highest BCUT2D eigenvalue weighted by atomic mass is 15.2. The molecule has 2 aromatic rings. The van der Waals surface area contributed by atoms with Gasteiger partial charge >= 0.3 is 0 Å². The van der Waals surface area contributed by atoms with Gasteiger partial charge in [0, 0.05) is 28.7 Å². The maximum absolute atomic E-state index is 6.03. The first-order valence-corrected chi connectivity index (χ1v) is 6.95. The Kier molecular flexibility index (Phi) is 2.43. The smallest absolute Gasteiger partial charge is 0.0497 e. The van der Waals surface area contributed by atoms with E-state index in [0.29, 0.717) is 5.92 Å². The fourth-order valence-corrected chi connectivity index (χ4v) is 3.21. The van der Waals surface area contributed by atoms with Gasteiger partial charge in [0.25, 0.3) is 0 Å². The van der Waals surface area contributed by atoms with E-state index in [1.165, 1.54) is 22.6 Å². The molecule has 2 aromatic carbocycles. The van der Waals surface area contributed by atoms with Crippen LogP contribution in [0, 0.1) is 0 Å². The summed E-state index contributed by atoms with van der Waals surface area (Å²) in [6, 6.07) is 19.1. The monoisotopic (exact) mass is 260 g/mol. The van der Waals surface area contributed by atoms with Gasteiger partial charge in [-0.15, -0.1) is 0 Å². The molecule has 0 saturated heterocycles. The highest BCUT2D eigenvalue weighted by Gasteiger charge is 2.35. The first-order chi connectivity index (χ1) is 9.84. The normalized spacial score (nSPS) is 20.0. The highest BCUT2D eigenvalue weighted by molar-refractivity contribution is 5.78. The van der Waals surface area contributed by atoms with E-state index in [-0.39, 0.29) is 0 Å². The van der Waals surface area contributed by atoms with Gasteiger partial charge in [-0.1, -0.05) is 36.4 Å². The molecule has 0 radical (unpaired) electrons. The van der Waals surface area contributed by atoms with E-state index >= 15 is 0 Å². The molecule has 2 nitrogen and oxygen atoms in total. The Hall–Kier alpha value is -2.48. The summed E-state index contributed by atoms with van der Waals surface area (Å²) >= 11 is 0. The van der Waals surface area contributed by atoms with Crippen molar-refractivity contribution in [1.82, 2.24) is 0 Å². The van der Waals surface area contributed by atoms with Gasteiger partial charge in [0.15, 0.2) is 0 Å². The van der Waals surface area contributed by atoms with Gasteiger partial charge in [0.2, 0.25) is 0 Å². The predicted octanol–water partition coefficient (Wildman–Crippen LogP) is 4.05. The van der Waals surface area contributed by atoms with Crippen LogP contribution in [0.5, 0.6) is 0 Å². The molecule has 0 spiro atoms. The van der Waals surface area contributed by atoms with Crippen molar-refractivity contribution < 1.29 is 0 Å². The fraction of sp³-hybridized carbons (Fsp3) is 0.111. The maximum atomic E-state index is 6.03. The first-order valence-electron chi connectivity index (χ1n) is 6.95. The Labute approximate surface area is 118 Å². The molecule has 2 aliphatic rings. The van der Waals surface area contributed by atoms with Crippen LogP contribution in [-0.2, 0) is 0 Å². The minimum absolute atomic E-state index is 0.386. The SMILES string of the molecule is NC1=CC=C2[C@@H](C1)c1ccccc1N2c1ccccc1. The van der Waals surface area contributed by atoms with E-state index < -0.39 is 0 Å². The number of hydrogen-bond donors (Lipinski definition) is 1. The van der Waals surface area contributed by atoms with Gasteiger partial charge in [-0.25, -0.2) is 0 Å². The van der Waals surface area contributed by atoms with Gasteiger partial charge in [0.1, 0.15) is 0 Å². The largest absolute Gasteiger partial charge is 0.402 e. The van der Waals surface area contributed by atoms with Crippen LogP contribution in [0.3, 0.4) is 0 Å². The Morgan fingerprint density at radius 1 is 0.900 bits per heavy atom. The van der Waals surface area contributed by atoms with Crippen LogP contribution >= 0.6 is 0 Å². The number of anilines is 2. The van der Waals surface area contributed by atoms with Crippen molar-refractivity contribution in [2.24, 2.45) is 5.73 Å². The van der Waals surface area contributed by atoms with Crippen molar-refractivity contribution in [2.75, 3.05) is 4.90 Å². The second kappa shape index (κ2) is 4.27. The van der Waals surface area contributed by atoms with E-state index in [2.05, 4.69) is 65.6 Å². The molecule has 0 amide bonds. The Morgan fingerprint density at radius 2 is 1.65 bits per heavy atom. The lowest BCUT2D eigenvalue weighted by molar-refractivity contribution is 0.776. The summed E-state index contributed by atoms with van der Waals surface area (Å²) < 4.78 is 0. The van der Waals surface area contributed by atoms with Gasteiger partial charge in [-0.05, 0) is 42.3 Å². The maximum Gasteiger partial charge on any atom is 0.0497 e. The lowest BCUT2D eigenvalue weighted by Crippen LogP contribution is -2.17. The molecule has 1 atom stereocenters. The van der Waals surface area contributed by atoms with Crippen LogP contribution in [-0.4, -0.2) is 0 Å². The number of hydrogen-bond acceptors (Lipinski definition) is 2. The molecule has 98 valence electrons. The van der Waals surface area contributed by atoms with Gasteiger partial charge in [-0.3, -0.25) is 0 Å². The summed E-state index contributed by atoms with van der Waals surface area (Å²) in [5.41, 5.74) is 12.2. The van der Waals surface area contributed by atoms with Gasteiger partial charge in [0.05, 0.1) is 0 Å². The molecule has 2 N–H and O–H groups in total. The van der Waals surface area contributed by atoms with Crippen molar-refractivity contribution in [2.45, 2.75) is 12.3 Å². The Bertz CT molecular complexity index is 713. The second-order valence-corrected chi connectivity index (χ2v) is 5.32. The molecule has 4 rings (SSSR count). The average molecular weight is 260 g/mol. The third-order valence-corrected chi connectivity index (χ3v) is 4.09. The zero-order valence-corrected chi connectivity index (χ0v) is 11.2. The number of allylic oxidation sites excluding steroid dienone is 4. The van der Waals surface area contributed by atoms with Crippen LogP contribution in [0.15, 0.2) is 78.1 Å². The zero-order chi connectivity index (χ0) is 13.5. The fourth-order valence-electron chi connectivity index (χ4n) is 3.21. The third kappa shape index (κ3) is 1.58. The summed E-state index contributed by atoms with van der Waals surface area (Å²) in [5.74, 6) is 0.386. The Morgan fingerprint density at radius 3 is 2.50 bits per heavy atom. The van der Waals surface area contributed by atoms with Crippen molar-refractivity contribution in [3.05, 3.63) is 83.7 Å². The molecule has 0 bridgehead atoms. The molecular weight excluding hydrogens is 244 g/mol. The summed E-state index contributed by atoms with van der Waals surface area (Å²) in [4.78, 5) is 2.35. The number of rotatable bonds is 1. The number of fused-ring (bicyclic) bond motifs is 3. The molecule has 0 aromatic heterocycles. The van der Waals surface area contributed by atoms with Crippen molar-refractivity contribution >= 4 is 11.4 Å². The van der Waals surface area contributed by atoms with E-state index in [1.807, 2.05) is 6.08 Å². The molecule has 20 heavy (non-hydrogen) atoms. The third-order valence-electron chi connectivity index (χ3n) is 4.09. The predicted molar refractivity (Wildman–Crippen MR) is 82.7 cm³/mol. The van der Waals surface area contributed by atoms with Crippen LogP contribution in [0.2, 0.25) is 0 Å². The minimum Gasteiger partial charge on any atom is -0.402 e. The number of nitrogens with two attached hydrogens (primary N) is 1. The average Bonchev–Trinajstić information content (AvgIpc) is 2.82. The van der Waals surface area contributed by atoms with Crippen molar-refractivity contribution in [3.8, 4) is 0 Å². The van der Waals surface area contributed by atoms with E-state index in [9.17, 15) is 0 Å². The van der Waals surface area contributed by atoms with Gasteiger partial charge in [-0.2, -0.15) is 0 Å². The molecule has 1 heterocycles. The molecule has 0 saturated carbocycles. The summed E-state index contributed by atoms with van der Waals surface area (Å²) in [6.45, 7) is 0. The van der Waals surface area contributed by atoms with E-state index in [0.717, 1.165) is 12.1 Å². The van der Waals surface area contributed by atoms with Crippen molar-refractivity contribution in [1.29, 1.82) is 0 Å². The zero-order valence-electron chi connectivity index (χ0n) is 11.2. The van der Waals surface area contributed by atoms with E-state index in [4.69, 9.17) is 5.73 Å². The number of nitrogens with zero attached hydrogens (tertiary/aromatic N) is 1. The topological polar surface area (TPSA) is 29.3 Å². The molecule has 0 unspecified atom stereocenters. The highest BCUT2D eigenvalue weighted by Crippen LogP contribution is 2.50. The summed E-state index contributed by atoms with van der Waals surface area (Å²) in [6.07, 6.45) is 5.11. The quantitative estimate of drug-likeness (QED) is 0.838. The van der Waals surface area contributed by atoms with E-state index in [1.54, 1.807) is 0 Å². The lowest BCUT2D eigenvalue weighted by Gasteiger charge is -2.25. The molecule has 1 aliphatic heterocycles. The lowest BCUT2D eigenvalue weighted by atomic mass is 9.90. The molecule has 1 aliphatic carbocycles. The number of para-hydroxylation sites is 2. The second-order valence-electron chi connectivity index (χ2n) is 5.32. The Balaban J connectivity index is 1.93. The van der Waals surface area contributed by atoms with Crippen LogP contribution < -0.4 is 10.6 Å².